The fourth-order valence-corrected chi connectivity index (χ4v) is 2.93. The summed E-state index contributed by atoms with van der Waals surface area (Å²) in [5.74, 6) is -0.109. The molecule has 0 atom stereocenters. The fourth-order valence-electron chi connectivity index (χ4n) is 2.07. The van der Waals surface area contributed by atoms with E-state index in [2.05, 4.69) is 16.4 Å². The maximum atomic E-state index is 13.8. The average molecular weight is 302 g/mol. The number of halogens is 1. The molecule has 1 N–H and O–H groups in total. The van der Waals surface area contributed by atoms with Crippen LogP contribution in [0.2, 0.25) is 0 Å². The summed E-state index contributed by atoms with van der Waals surface area (Å²) < 4.78 is 20.1. The quantitative estimate of drug-likeness (QED) is 0.745. The molecule has 1 heterocycles. The third kappa shape index (κ3) is 2.97. The van der Waals surface area contributed by atoms with E-state index in [0.29, 0.717) is 12.3 Å². The molecule has 2 aromatic carbocycles. The molecule has 0 amide bonds. The minimum Gasteiger partial charge on any atom is -0.491 e. The minimum atomic E-state index is -0.376. The normalized spacial score (nSPS) is 10.8. The number of aromatic nitrogens is 1. The molecule has 21 heavy (non-hydrogen) atoms. The van der Waals surface area contributed by atoms with Crippen molar-refractivity contribution in [2.75, 3.05) is 11.9 Å². The summed E-state index contributed by atoms with van der Waals surface area (Å²) in [6.07, 6.45) is 0. The van der Waals surface area contributed by atoms with E-state index in [1.807, 2.05) is 26.0 Å². The van der Waals surface area contributed by atoms with Crippen molar-refractivity contribution in [3.8, 4) is 5.75 Å². The maximum Gasteiger partial charge on any atom is 0.188 e. The molecule has 3 nitrogen and oxygen atoms in total. The average Bonchev–Trinajstić information content (AvgIpc) is 2.83. The number of nitrogens with one attached hydrogen (secondary N) is 1. The number of benzene rings is 2. The van der Waals surface area contributed by atoms with Gasteiger partial charge in [0.1, 0.15) is 0 Å². The van der Waals surface area contributed by atoms with Gasteiger partial charge in [0.05, 0.1) is 16.8 Å². The van der Waals surface area contributed by atoms with E-state index in [9.17, 15) is 4.39 Å². The number of aryl methyl sites for hydroxylation is 1. The molecular formula is C16H15FN2OS. The van der Waals surface area contributed by atoms with Crippen molar-refractivity contribution in [3.63, 3.8) is 0 Å². The molecule has 0 aliphatic heterocycles. The summed E-state index contributed by atoms with van der Waals surface area (Å²) in [4.78, 5) is 4.51. The zero-order valence-electron chi connectivity index (χ0n) is 11.8. The summed E-state index contributed by atoms with van der Waals surface area (Å²) in [5.41, 5.74) is 2.78. The van der Waals surface area contributed by atoms with Crippen LogP contribution < -0.4 is 10.1 Å². The van der Waals surface area contributed by atoms with Crippen molar-refractivity contribution < 1.29 is 9.13 Å². The lowest BCUT2D eigenvalue weighted by Crippen LogP contribution is -1.96. The Balaban J connectivity index is 1.86. The molecule has 0 fully saturated rings. The highest BCUT2D eigenvalue weighted by atomic mass is 32.1. The van der Waals surface area contributed by atoms with Gasteiger partial charge in [-0.15, -0.1) is 0 Å². The second-order valence-corrected chi connectivity index (χ2v) is 5.72. The first-order valence-electron chi connectivity index (χ1n) is 6.72. The number of ether oxygens (including phenoxy) is 1. The first-order chi connectivity index (χ1) is 10.2. The van der Waals surface area contributed by atoms with Crippen LogP contribution in [0.25, 0.3) is 10.2 Å². The summed E-state index contributed by atoms with van der Waals surface area (Å²) in [6.45, 7) is 4.31. The Kier molecular flexibility index (Phi) is 3.75. The van der Waals surface area contributed by atoms with Crippen LogP contribution in [-0.4, -0.2) is 11.6 Å². The largest absolute Gasteiger partial charge is 0.491 e. The van der Waals surface area contributed by atoms with E-state index in [0.717, 1.165) is 15.3 Å². The van der Waals surface area contributed by atoms with Gasteiger partial charge in [-0.3, -0.25) is 0 Å². The number of fused-ring (bicyclic) bond motifs is 1. The Morgan fingerprint density at radius 3 is 2.86 bits per heavy atom. The van der Waals surface area contributed by atoms with Gasteiger partial charge in [-0.25, -0.2) is 9.37 Å². The number of hydrogen-bond donors (Lipinski definition) is 1. The fraction of sp³-hybridized carbons (Fsp3) is 0.188. The van der Waals surface area contributed by atoms with E-state index < -0.39 is 0 Å². The van der Waals surface area contributed by atoms with Crippen LogP contribution in [0.1, 0.15) is 12.5 Å². The highest BCUT2D eigenvalue weighted by molar-refractivity contribution is 7.22. The lowest BCUT2D eigenvalue weighted by Gasteiger charge is -2.07. The molecule has 0 spiro atoms. The molecule has 0 aliphatic carbocycles. The van der Waals surface area contributed by atoms with Crippen molar-refractivity contribution in [2.24, 2.45) is 0 Å². The van der Waals surface area contributed by atoms with Gasteiger partial charge in [-0.1, -0.05) is 17.4 Å². The van der Waals surface area contributed by atoms with Gasteiger partial charge in [0.2, 0.25) is 0 Å². The van der Waals surface area contributed by atoms with Crippen LogP contribution in [0.15, 0.2) is 36.4 Å². The number of nitrogens with zero attached hydrogens (tertiary/aromatic N) is 1. The van der Waals surface area contributed by atoms with Crippen molar-refractivity contribution in [1.82, 2.24) is 4.98 Å². The van der Waals surface area contributed by atoms with Gasteiger partial charge >= 0.3 is 0 Å². The summed E-state index contributed by atoms with van der Waals surface area (Å²) in [7, 11) is 0. The Labute approximate surface area is 126 Å². The standard InChI is InChI=1S/C16H15FN2OS/c1-3-20-14-6-5-11(9-12(14)17)18-16-19-13-8-10(2)4-7-15(13)21-16/h4-9H,3H2,1-2H3,(H,18,19). The van der Waals surface area contributed by atoms with Crippen LogP contribution in [0, 0.1) is 12.7 Å². The predicted molar refractivity (Wildman–Crippen MR) is 85.2 cm³/mol. The van der Waals surface area contributed by atoms with Crippen LogP contribution in [-0.2, 0) is 0 Å². The van der Waals surface area contributed by atoms with Crippen LogP contribution in [0.5, 0.6) is 5.75 Å². The van der Waals surface area contributed by atoms with Gasteiger partial charge < -0.3 is 10.1 Å². The maximum absolute atomic E-state index is 13.8. The Morgan fingerprint density at radius 2 is 2.10 bits per heavy atom. The number of thiazole rings is 1. The number of rotatable bonds is 4. The Bertz CT molecular complexity index is 785. The summed E-state index contributed by atoms with van der Waals surface area (Å²) in [6, 6.07) is 11.0. The lowest BCUT2D eigenvalue weighted by atomic mass is 10.2. The lowest BCUT2D eigenvalue weighted by molar-refractivity contribution is 0.321. The summed E-state index contributed by atoms with van der Waals surface area (Å²) >= 11 is 1.55. The van der Waals surface area contributed by atoms with Crippen molar-refractivity contribution >= 4 is 32.4 Å². The van der Waals surface area contributed by atoms with Gasteiger partial charge in [0.25, 0.3) is 0 Å². The SMILES string of the molecule is CCOc1ccc(Nc2nc3cc(C)ccc3s2)cc1F. The molecule has 0 saturated heterocycles. The zero-order valence-corrected chi connectivity index (χ0v) is 12.6. The topological polar surface area (TPSA) is 34.1 Å². The molecule has 3 rings (SSSR count). The highest BCUT2D eigenvalue weighted by Crippen LogP contribution is 2.30. The third-order valence-corrected chi connectivity index (χ3v) is 3.98. The minimum absolute atomic E-state index is 0.267. The Morgan fingerprint density at radius 1 is 1.24 bits per heavy atom. The number of anilines is 2. The monoisotopic (exact) mass is 302 g/mol. The molecule has 0 saturated carbocycles. The Hall–Kier alpha value is -2.14. The smallest absolute Gasteiger partial charge is 0.188 e. The van der Waals surface area contributed by atoms with Gasteiger partial charge in [0.15, 0.2) is 16.7 Å². The van der Waals surface area contributed by atoms with E-state index in [1.54, 1.807) is 23.5 Å². The molecule has 0 aliphatic rings. The van der Waals surface area contributed by atoms with E-state index in [-0.39, 0.29) is 11.6 Å². The molecule has 0 bridgehead atoms. The van der Waals surface area contributed by atoms with Crippen LogP contribution >= 0.6 is 11.3 Å². The molecule has 5 heteroatoms. The van der Waals surface area contributed by atoms with Crippen LogP contribution in [0.3, 0.4) is 0 Å². The molecular weight excluding hydrogens is 287 g/mol. The highest BCUT2D eigenvalue weighted by Gasteiger charge is 2.07. The van der Waals surface area contributed by atoms with Crippen LogP contribution in [0.4, 0.5) is 15.2 Å². The van der Waals surface area contributed by atoms with Crippen molar-refractivity contribution in [1.29, 1.82) is 0 Å². The van der Waals surface area contributed by atoms with Gasteiger partial charge in [0, 0.05) is 11.8 Å². The molecule has 1 aromatic heterocycles. The second-order valence-electron chi connectivity index (χ2n) is 4.69. The van der Waals surface area contributed by atoms with Gasteiger partial charge in [-0.05, 0) is 43.7 Å². The zero-order chi connectivity index (χ0) is 14.8. The first-order valence-corrected chi connectivity index (χ1v) is 7.54. The predicted octanol–water partition coefficient (Wildman–Crippen LogP) is 4.89. The molecule has 0 unspecified atom stereocenters. The summed E-state index contributed by atoms with van der Waals surface area (Å²) in [5, 5.41) is 3.88. The van der Waals surface area contributed by atoms with E-state index in [4.69, 9.17) is 4.74 Å². The van der Waals surface area contributed by atoms with Gasteiger partial charge in [-0.2, -0.15) is 0 Å². The molecule has 108 valence electrons. The second kappa shape index (κ2) is 5.69. The third-order valence-electron chi connectivity index (χ3n) is 3.03. The number of hydrogen-bond acceptors (Lipinski definition) is 4. The van der Waals surface area contributed by atoms with E-state index >= 15 is 0 Å². The van der Waals surface area contributed by atoms with Crippen molar-refractivity contribution in [3.05, 3.63) is 47.8 Å². The van der Waals surface area contributed by atoms with E-state index in [1.165, 1.54) is 11.6 Å². The van der Waals surface area contributed by atoms with Crippen molar-refractivity contribution in [2.45, 2.75) is 13.8 Å². The molecule has 0 radical (unpaired) electrons. The first kappa shape index (κ1) is 13.8. The molecule has 3 aromatic rings.